The quantitative estimate of drug-likeness (QED) is 0.662. The number of rotatable bonds is 7. The summed E-state index contributed by atoms with van der Waals surface area (Å²) in [5.74, 6) is 0.536. The summed E-state index contributed by atoms with van der Waals surface area (Å²) >= 11 is 0. The number of amides is 2. The number of benzene rings is 3. The molecule has 0 saturated heterocycles. The molecule has 0 aromatic heterocycles. The van der Waals surface area contributed by atoms with E-state index >= 15 is 0 Å². The van der Waals surface area contributed by atoms with Gasteiger partial charge >= 0.3 is 0 Å². The molecule has 144 valence electrons. The molecule has 28 heavy (non-hydrogen) atoms. The van der Waals surface area contributed by atoms with E-state index in [2.05, 4.69) is 10.6 Å². The summed E-state index contributed by atoms with van der Waals surface area (Å²) in [6.07, 6.45) is 0.205. The molecule has 0 spiro atoms. The Balaban J connectivity index is 1.59. The van der Waals surface area contributed by atoms with E-state index < -0.39 is 0 Å². The first-order valence-corrected chi connectivity index (χ1v) is 8.86. The highest BCUT2D eigenvalue weighted by Crippen LogP contribution is 2.28. The van der Waals surface area contributed by atoms with E-state index in [0.29, 0.717) is 17.2 Å². The molecular weight excluding hydrogens is 356 g/mol. The van der Waals surface area contributed by atoms with Gasteiger partial charge in [-0.15, -0.1) is 0 Å². The number of fused-ring (bicyclic) bond motifs is 1. The first-order valence-electron chi connectivity index (χ1n) is 8.86. The number of carbonyl (C=O) groups is 2. The highest BCUT2D eigenvalue weighted by molar-refractivity contribution is 5.97. The van der Waals surface area contributed by atoms with Gasteiger partial charge in [-0.1, -0.05) is 42.5 Å². The molecule has 6 nitrogen and oxygen atoms in total. The zero-order valence-electron chi connectivity index (χ0n) is 15.8. The minimum absolute atomic E-state index is 0.135. The third-order valence-electron chi connectivity index (χ3n) is 4.36. The molecule has 2 N–H and O–H groups in total. The van der Waals surface area contributed by atoms with Crippen LogP contribution in [0.1, 0.15) is 5.56 Å². The Morgan fingerprint density at radius 3 is 2.46 bits per heavy atom. The zero-order valence-corrected chi connectivity index (χ0v) is 15.8. The van der Waals surface area contributed by atoms with Crippen LogP contribution in [0.3, 0.4) is 0 Å². The van der Waals surface area contributed by atoms with E-state index in [4.69, 9.17) is 9.47 Å². The number of ether oxygens (including phenoxy) is 2. The van der Waals surface area contributed by atoms with Crippen molar-refractivity contribution in [3.8, 4) is 11.5 Å². The van der Waals surface area contributed by atoms with Crippen LogP contribution in [-0.4, -0.2) is 32.6 Å². The van der Waals surface area contributed by atoms with E-state index in [0.717, 1.165) is 16.3 Å². The fourth-order valence-corrected chi connectivity index (χ4v) is 2.97. The lowest BCUT2D eigenvalue weighted by Crippen LogP contribution is -2.33. The summed E-state index contributed by atoms with van der Waals surface area (Å²) in [7, 11) is 3.06. The minimum Gasteiger partial charge on any atom is -0.497 e. The van der Waals surface area contributed by atoms with E-state index in [1.54, 1.807) is 25.3 Å². The minimum atomic E-state index is -0.349. The molecule has 3 rings (SSSR count). The molecule has 0 aliphatic rings. The van der Waals surface area contributed by atoms with Gasteiger partial charge in [0.2, 0.25) is 11.8 Å². The van der Waals surface area contributed by atoms with Gasteiger partial charge in [0.25, 0.3) is 0 Å². The maximum atomic E-state index is 12.3. The summed E-state index contributed by atoms with van der Waals surface area (Å²) < 4.78 is 10.4. The fourth-order valence-electron chi connectivity index (χ4n) is 2.97. The second kappa shape index (κ2) is 8.90. The third kappa shape index (κ3) is 4.59. The Morgan fingerprint density at radius 2 is 1.68 bits per heavy atom. The Labute approximate surface area is 163 Å². The fraction of sp³-hybridized carbons (Fsp3) is 0.182. The Morgan fingerprint density at radius 1 is 0.893 bits per heavy atom. The molecule has 0 radical (unpaired) electrons. The van der Waals surface area contributed by atoms with Crippen molar-refractivity contribution in [1.82, 2.24) is 5.32 Å². The van der Waals surface area contributed by atoms with Gasteiger partial charge in [-0.2, -0.15) is 0 Å². The summed E-state index contributed by atoms with van der Waals surface area (Å²) in [4.78, 5) is 24.5. The zero-order chi connectivity index (χ0) is 19.9. The van der Waals surface area contributed by atoms with Gasteiger partial charge in [0.15, 0.2) is 0 Å². The number of anilines is 1. The van der Waals surface area contributed by atoms with Crippen LogP contribution in [0.4, 0.5) is 5.69 Å². The van der Waals surface area contributed by atoms with Crippen molar-refractivity contribution >= 4 is 28.3 Å². The average Bonchev–Trinajstić information content (AvgIpc) is 2.72. The van der Waals surface area contributed by atoms with Crippen molar-refractivity contribution in [3.05, 3.63) is 66.2 Å². The monoisotopic (exact) mass is 378 g/mol. The van der Waals surface area contributed by atoms with Crippen molar-refractivity contribution in [2.45, 2.75) is 6.42 Å². The van der Waals surface area contributed by atoms with Gasteiger partial charge in [0.05, 0.1) is 32.9 Å². The van der Waals surface area contributed by atoms with Crippen LogP contribution < -0.4 is 20.1 Å². The topological polar surface area (TPSA) is 76.7 Å². The third-order valence-corrected chi connectivity index (χ3v) is 4.36. The summed E-state index contributed by atoms with van der Waals surface area (Å²) in [6, 6.07) is 18.8. The van der Waals surface area contributed by atoms with Crippen molar-refractivity contribution in [3.63, 3.8) is 0 Å². The van der Waals surface area contributed by atoms with Crippen LogP contribution in [0, 0.1) is 0 Å². The summed E-state index contributed by atoms with van der Waals surface area (Å²) in [5.41, 5.74) is 1.40. The number of carbonyl (C=O) groups excluding carboxylic acids is 2. The smallest absolute Gasteiger partial charge is 0.243 e. The molecule has 3 aromatic carbocycles. The molecule has 0 heterocycles. The van der Waals surface area contributed by atoms with E-state index in [-0.39, 0.29) is 24.8 Å². The lowest BCUT2D eigenvalue weighted by Gasteiger charge is -2.12. The Hall–Kier alpha value is -3.54. The van der Waals surface area contributed by atoms with Crippen LogP contribution in [0.2, 0.25) is 0 Å². The van der Waals surface area contributed by atoms with E-state index in [9.17, 15) is 9.59 Å². The lowest BCUT2D eigenvalue weighted by molar-refractivity contribution is -0.123. The number of hydrogen-bond acceptors (Lipinski definition) is 4. The summed E-state index contributed by atoms with van der Waals surface area (Å²) in [5, 5.41) is 7.50. The van der Waals surface area contributed by atoms with Crippen LogP contribution >= 0.6 is 0 Å². The summed E-state index contributed by atoms with van der Waals surface area (Å²) in [6.45, 7) is -0.135. The average molecular weight is 378 g/mol. The molecule has 0 aliphatic carbocycles. The second-order valence-corrected chi connectivity index (χ2v) is 6.21. The van der Waals surface area contributed by atoms with E-state index in [1.165, 1.54) is 7.11 Å². The van der Waals surface area contributed by atoms with Gasteiger partial charge in [0.1, 0.15) is 11.5 Å². The molecule has 6 heteroatoms. The molecular formula is C22H22N2O4. The van der Waals surface area contributed by atoms with Crippen LogP contribution in [0.15, 0.2) is 60.7 Å². The van der Waals surface area contributed by atoms with Gasteiger partial charge in [0, 0.05) is 6.07 Å². The molecule has 0 bridgehead atoms. The van der Waals surface area contributed by atoms with Gasteiger partial charge in [-0.3, -0.25) is 9.59 Å². The Kier molecular flexibility index (Phi) is 6.11. The molecule has 0 aliphatic heterocycles. The van der Waals surface area contributed by atoms with Gasteiger partial charge in [-0.05, 0) is 28.5 Å². The highest BCUT2D eigenvalue weighted by atomic mass is 16.5. The SMILES string of the molecule is COc1ccc(OC)c(NC(=O)CNC(=O)Cc2cccc3ccccc23)c1. The number of hydrogen-bond donors (Lipinski definition) is 2. The van der Waals surface area contributed by atoms with Crippen molar-refractivity contribution in [1.29, 1.82) is 0 Å². The first-order chi connectivity index (χ1) is 13.6. The maximum absolute atomic E-state index is 12.3. The normalized spacial score (nSPS) is 10.4. The molecule has 0 unspecified atom stereocenters. The van der Waals surface area contributed by atoms with Crippen molar-refractivity contribution in [2.24, 2.45) is 0 Å². The second-order valence-electron chi connectivity index (χ2n) is 6.21. The maximum Gasteiger partial charge on any atom is 0.243 e. The predicted octanol–water partition coefficient (Wildman–Crippen LogP) is 3.15. The van der Waals surface area contributed by atoms with Crippen LogP contribution in [0.5, 0.6) is 11.5 Å². The molecule has 0 fully saturated rings. The highest BCUT2D eigenvalue weighted by Gasteiger charge is 2.12. The van der Waals surface area contributed by atoms with E-state index in [1.807, 2.05) is 42.5 Å². The van der Waals surface area contributed by atoms with Gasteiger partial charge < -0.3 is 20.1 Å². The predicted molar refractivity (Wildman–Crippen MR) is 109 cm³/mol. The molecule has 0 atom stereocenters. The lowest BCUT2D eigenvalue weighted by atomic mass is 10.0. The molecule has 0 saturated carbocycles. The van der Waals surface area contributed by atoms with Crippen LogP contribution in [0.25, 0.3) is 10.8 Å². The number of nitrogens with one attached hydrogen (secondary N) is 2. The molecule has 2 amide bonds. The largest absolute Gasteiger partial charge is 0.497 e. The molecule has 3 aromatic rings. The Bertz CT molecular complexity index is 995. The van der Waals surface area contributed by atoms with Crippen molar-refractivity contribution in [2.75, 3.05) is 26.1 Å². The van der Waals surface area contributed by atoms with Crippen LogP contribution in [-0.2, 0) is 16.0 Å². The number of methoxy groups -OCH3 is 2. The standard InChI is InChI=1S/C22H22N2O4/c1-27-17-10-11-20(28-2)19(13-17)24-22(26)14-23-21(25)12-16-8-5-7-15-6-3-4-9-18(15)16/h3-11,13H,12,14H2,1-2H3,(H,23,25)(H,24,26). The first kappa shape index (κ1) is 19.2. The van der Waals surface area contributed by atoms with Crippen molar-refractivity contribution < 1.29 is 19.1 Å². The van der Waals surface area contributed by atoms with Gasteiger partial charge in [-0.25, -0.2) is 0 Å².